The van der Waals surface area contributed by atoms with Crippen molar-refractivity contribution in [3.63, 3.8) is 0 Å². The molecule has 0 amide bonds. The summed E-state index contributed by atoms with van der Waals surface area (Å²) in [6.45, 7) is 3.89. The van der Waals surface area contributed by atoms with E-state index < -0.39 is 0 Å². The normalized spacial score (nSPS) is 16.0. The first-order chi connectivity index (χ1) is 11.3. The number of thiophene rings is 1. The highest BCUT2D eigenvalue weighted by atomic mass is 32.1. The summed E-state index contributed by atoms with van der Waals surface area (Å²) in [6, 6.07) is 6.55. The first-order valence-corrected chi connectivity index (χ1v) is 8.73. The van der Waals surface area contributed by atoms with E-state index in [-0.39, 0.29) is 0 Å². The third kappa shape index (κ3) is 2.96. The molecular weight excluding hydrogens is 308 g/mol. The van der Waals surface area contributed by atoms with Crippen molar-refractivity contribution in [2.75, 3.05) is 18.0 Å². The van der Waals surface area contributed by atoms with Gasteiger partial charge in [0.25, 0.3) is 0 Å². The van der Waals surface area contributed by atoms with E-state index in [0.717, 1.165) is 48.7 Å². The lowest BCUT2D eigenvalue weighted by Gasteiger charge is -2.32. The zero-order valence-corrected chi connectivity index (χ0v) is 13.8. The minimum Gasteiger partial charge on any atom is -0.355 e. The molecule has 0 unspecified atom stereocenters. The van der Waals surface area contributed by atoms with Crippen LogP contribution in [0.5, 0.6) is 0 Å². The van der Waals surface area contributed by atoms with Crippen LogP contribution < -0.4 is 4.90 Å². The minimum atomic E-state index is 0.407. The highest BCUT2D eigenvalue weighted by Crippen LogP contribution is 2.26. The van der Waals surface area contributed by atoms with Gasteiger partial charge in [0.05, 0.1) is 17.9 Å². The molecule has 23 heavy (non-hydrogen) atoms. The topological polar surface area (TPSA) is 59.7 Å². The van der Waals surface area contributed by atoms with E-state index in [0.29, 0.717) is 6.04 Å². The molecule has 0 aliphatic carbocycles. The summed E-state index contributed by atoms with van der Waals surface area (Å²) in [5.41, 5.74) is 3.05. The largest absolute Gasteiger partial charge is 0.355 e. The Kier molecular flexibility index (Phi) is 3.78. The van der Waals surface area contributed by atoms with Gasteiger partial charge in [-0.15, -0.1) is 10.2 Å². The molecule has 1 aliphatic rings. The van der Waals surface area contributed by atoms with Crippen molar-refractivity contribution in [3.05, 3.63) is 40.8 Å². The lowest BCUT2D eigenvalue weighted by atomic mass is 10.1. The van der Waals surface area contributed by atoms with Gasteiger partial charge >= 0.3 is 0 Å². The third-order valence-electron chi connectivity index (χ3n) is 4.27. The summed E-state index contributed by atoms with van der Waals surface area (Å²) in [5, 5.41) is 21.2. The van der Waals surface area contributed by atoms with E-state index in [1.807, 2.05) is 23.7 Å². The Hall–Kier alpha value is -2.28. The molecule has 3 aromatic heterocycles. The van der Waals surface area contributed by atoms with Crippen LogP contribution in [0.3, 0.4) is 0 Å². The fourth-order valence-electron chi connectivity index (χ4n) is 2.92. The van der Waals surface area contributed by atoms with Crippen LogP contribution in [0.2, 0.25) is 0 Å². The van der Waals surface area contributed by atoms with Gasteiger partial charge in [0.15, 0.2) is 5.82 Å². The van der Waals surface area contributed by atoms with Crippen LogP contribution in [0.4, 0.5) is 5.82 Å². The molecule has 0 saturated carbocycles. The van der Waals surface area contributed by atoms with E-state index in [2.05, 4.69) is 48.4 Å². The fourth-order valence-corrected chi connectivity index (χ4v) is 3.57. The van der Waals surface area contributed by atoms with Crippen LogP contribution in [0.25, 0.3) is 11.3 Å². The van der Waals surface area contributed by atoms with Gasteiger partial charge in [-0.3, -0.25) is 0 Å². The van der Waals surface area contributed by atoms with Crippen molar-refractivity contribution >= 4 is 17.2 Å². The van der Waals surface area contributed by atoms with Crippen LogP contribution in [-0.2, 0) is 0 Å². The predicted octanol–water partition coefficient (Wildman–Crippen LogP) is 2.95. The molecule has 0 radical (unpaired) electrons. The Labute approximate surface area is 138 Å². The highest BCUT2D eigenvalue weighted by Gasteiger charge is 2.22. The smallest absolute Gasteiger partial charge is 0.151 e. The molecule has 0 bridgehead atoms. The second-order valence-corrected chi connectivity index (χ2v) is 6.63. The van der Waals surface area contributed by atoms with Gasteiger partial charge in [0.1, 0.15) is 5.69 Å². The SMILES string of the molecule is Cc1ccc(N2CCC(n3cc(-c4ccsc4)nn3)CC2)nn1. The van der Waals surface area contributed by atoms with Crippen molar-refractivity contribution in [3.8, 4) is 11.3 Å². The van der Waals surface area contributed by atoms with Crippen molar-refractivity contribution in [1.29, 1.82) is 0 Å². The van der Waals surface area contributed by atoms with Crippen molar-refractivity contribution in [1.82, 2.24) is 25.2 Å². The molecule has 4 heterocycles. The Balaban J connectivity index is 1.42. The summed E-state index contributed by atoms with van der Waals surface area (Å²) in [4.78, 5) is 2.29. The van der Waals surface area contributed by atoms with E-state index in [1.54, 1.807) is 11.3 Å². The van der Waals surface area contributed by atoms with E-state index in [9.17, 15) is 0 Å². The maximum Gasteiger partial charge on any atom is 0.151 e. The zero-order chi connectivity index (χ0) is 15.6. The van der Waals surface area contributed by atoms with Gasteiger partial charge in [-0.25, -0.2) is 4.68 Å². The van der Waals surface area contributed by atoms with Gasteiger partial charge in [-0.1, -0.05) is 5.21 Å². The second-order valence-electron chi connectivity index (χ2n) is 5.85. The molecule has 1 aliphatic heterocycles. The van der Waals surface area contributed by atoms with Crippen molar-refractivity contribution in [2.45, 2.75) is 25.8 Å². The molecule has 0 atom stereocenters. The Morgan fingerprint density at radius 3 is 2.65 bits per heavy atom. The van der Waals surface area contributed by atoms with Crippen molar-refractivity contribution < 1.29 is 0 Å². The number of piperidine rings is 1. The molecule has 0 aromatic carbocycles. The zero-order valence-electron chi connectivity index (χ0n) is 13.0. The van der Waals surface area contributed by atoms with Crippen LogP contribution in [0, 0.1) is 6.92 Å². The molecular formula is C16H18N6S. The maximum atomic E-state index is 4.33. The lowest BCUT2D eigenvalue weighted by Crippen LogP contribution is -2.35. The summed E-state index contributed by atoms with van der Waals surface area (Å²) < 4.78 is 2.02. The number of hydrogen-bond donors (Lipinski definition) is 0. The summed E-state index contributed by atoms with van der Waals surface area (Å²) in [6.07, 6.45) is 4.15. The Bertz CT molecular complexity index is 756. The summed E-state index contributed by atoms with van der Waals surface area (Å²) in [7, 11) is 0. The molecule has 1 fully saturated rings. The van der Waals surface area contributed by atoms with Gasteiger partial charge in [-0.2, -0.15) is 16.4 Å². The fraction of sp³-hybridized carbons (Fsp3) is 0.375. The first-order valence-electron chi connectivity index (χ1n) is 7.79. The second kappa shape index (κ2) is 6.08. The molecule has 6 nitrogen and oxygen atoms in total. The van der Waals surface area contributed by atoms with Crippen LogP contribution in [0.1, 0.15) is 24.6 Å². The van der Waals surface area contributed by atoms with E-state index >= 15 is 0 Å². The third-order valence-corrected chi connectivity index (χ3v) is 4.96. The monoisotopic (exact) mass is 326 g/mol. The standard InChI is InChI=1S/C16H18N6S/c1-12-2-3-16(19-17-12)21-7-4-14(5-8-21)22-10-15(18-20-22)13-6-9-23-11-13/h2-3,6,9-11,14H,4-5,7-8H2,1H3. The molecule has 0 spiro atoms. The molecule has 0 N–H and O–H groups in total. The van der Waals surface area contributed by atoms with Crippen molar-refractivity contribution in [2.24, 2.45) is 0 Å². The summed E-state index contributed by atoms with van der Waals surface area (Å²) in [5.74, 6) is 0.964. The Morgan fingerprint density at radius 1 is 1.09 bits per heavy atom. The number of hydrogen-bond acceptors (Lipinski definition) is 6. The Morgan fingerprint density at radius 2 is 1.96 bits per heavy atom. The maximum absolute atomic E-state index is 4.33. The van der Waals surface area contributed by atoms with Crippen LogP contribution in [0.15, 0.2) is 35.2 Å². The van der Waals surface area contributed by atoms with E-state index in [1.165, 1.54) is 0 Å². The van der Waals surface area contributed by atoms with Crippen LogP contribution >= 0.6 is 11.3 Å². The minimum absolute atomic E-state index is 0.407. The van der Waals surface area contributed by atoms with Crippen LogP contribution in [-0.4, -0.2) is 38.3 Å². The molecule has 4 rings (SSSR count). The highest BCUT2D eigenvalue weighted by molar-refractivity contribution is 7.08. The first kappa shape index (κ1) is 14.3. The predicted molar refractivity (Wildman–Crippen MR) is 90.6 cm³/mol. The number of aromatic nitrogens is 5. The number of anilines is 1. The van der Waals surface area contributed by atoms with Gasteiger partial charge in [0.2, 0.25) is 0 Å². The number of aryl methyl sites for hydroxylation is 1. The average Bonchev–Trinajstić information content (AvgIpc) is 3.27. The molecule has 118 valence electrons. The number of nitrogens with zero attached hydrogens (tertiary/aromatic N) is 6. The number of rotatable bonds is 3. The average molecular weight is 326 g/mol. The summed E-state index contributed by atoms with van der Waals surface area (Å²) >= 11 is 1.68. The van der Waals surface area contributed by atoms with Gasteiger partial charge < -0.3 is 4.90 Å². The van der Waals surface area contributed by atoms with Gasteiger partial charge in [0, 0.05) is 24.0 Å². The molecule has 7 heteroatoms. The molecule has 3 aromatic rings. The lowest BCUT2D eigenvalue weighted by molar-refractivity contribution is 0.359. The van der Waals surface area contributed by atoms with Gasteiger partial charge in [-0.05, 0) is 43.3 Å². The molecule has 1 saturated heterocycles. The van der Waals surface area contributed by atoms with E-state index in [4.69, 9.17) is 0 Å². The quantitative estimate of drug-likeness (QED) is 0.740.